The second-order valence-corrected chi connectivity index (χ2v) is 7.05. The predicted octanol–water partition coefficient (Wildman–Crippen LogP) is 5.29. The molecule has 0 atom stereocenters. The van der Waals surface area contributed by atoms with Gasteiger partial charge >= 0.3 is 6.18 Å². The molecule has 0 amide bonds. The van der Waals surface area contributed by atoms with Gasteiger partial charge in [0.2, 0.25) is 0 Å². The molecule has 1 heterocycles. The van der Waals surface area contributed by atoms with E-state index < -0.39 is 11.7 Å². The fourth-order valence-corrected chi connectivity index (χ4v) is 3.80. The Bertz CT molecular complexity index is 989. The largest absolute Gasteiger partial charge is 0.493 e. The Hall–Kier alpha value is -2.68. The van der Waals surface area contributed by atoms with E-state index >= 15 is 0 Å². The van der Waals surface area contributed by atoms with Crippen molar-refractivity contribution in [3.63, 3.8) is 0 Å². The van der Waals surface area contributed by atoms with Gasteiger partial charge in [-0.25, -0.2) is 0 Å². The molecule has 1 aromatic heterocycles. The van der Waals surface area contributed by atoms with Crippen LogP contribution in [0.25, 0.3) is 11.4 Å². The maximum atomic E-state index is 12.9. The second kappa shape index (κ2) is 8.77. The van der Waals surface area contributed by atoms with Crippen LogP contribution in [0, 0.1) is 0 Å². The maximum Gasteiger partial charge on any atom is 0.416 e. The summed E-state index contributed by atoms with van der Waals surface area (Å²) in [5.74, 6) is 2.19. The number of thioether (sulfide) groups is 1. The highest BCUT2D eigenvalue weighted by Crippen LogP contribution is 2.34. The molecular formula is C20H20F3N3O2S. The SMILES string of the molecule is CCn1c(SCc2cccc(C(F)(F)F)c2)nnc1-c1ccc(OC)c(OC)c1. The van der Waals surface area contributed by atoms with E-state index in [1.54, 1.807) is 26.4 Å². The highest BCUT2D eigenvalue weighted by Gasteiger charge is 2.30. The number of halogens is 3. The Balaban J connectivity index is 1.84. The van der Waals surface area contributed by atoms with Crippen LogP contribution in [0.2, 0.25) is 0 Å². The average Bonchev–Trinajstić information content (AvgIpc) is 3.14. The molecule has 9 heteroatoms. The molecular weight excluding hydrogens is 403 g/mol. The summed E-state index contributed by atoms with van der Waals surface area (Å²) in [5, 5.41) is 9.14. The summed E-state index contributed by atoms with van der Waals surface area (Å²) in [4.78, 5) is 0. The summed E-state index contributed by atoms with van der Waals surface area (Å²) in [6.07, 6.45) is -4.36. The van der Waals surface area contributed by atoms with Crippen molar-refractivity contribution in [3.8, 4) is 22.9 Å². The van der Waals surface area contributed by atoms with Gasteiger partial charge in [0.25, 0.3) is 0 Å². The number of methoxy groups -OCH3 is 2. The van der Waals surface area contributed by atoms with E-state index in [0.29, 0.717) is 40.3 Å². The summed E-state index contributed by atoms with van der Waals surface area (Å²) in [6.45, 7) is 2.57. The molecule has 2 aromatic carbocycles. The highest BCUT2D eigenvalue weighted by molar-refractivity contribution is 7.98. The first-order valence-electron chi connectivity index (χ1n) is 8.82. The Kier molecular flexibility index (Phi) is 6.36. The molecule has 0 spiro atoms. The molecule has 0 saturated carbocycles. The number of rotatable bonds is 7. The number of alkyl halides is 3. The first-order valence-corrected chi connectivity index (χ1v) is 9.80. The Morgan fingerprint density at radius 2 is 1.76 bits per heavy atom. The van der Waals surface area contributed by atoms with Crippen molar-refractivity contribution >= 4 is 11.8 Å². The smallest absolute Gasteiger partial charge is 0.416 e. The van der Waals surface area contributed by atoms with Gasteiger partial charge in [0.15, 0.2) is 22.5 Å². The first-order chi connectivity index (χ1) is 13.9. The fraction of sp³-hybridized carbons (Fsp3) is 0.300. The first kappa shape index (κ1) is 21.0. The van der Waals surface area contributed by atoms with Gasteiger partial charge in [-0.2, -0.15) is 13.2 Å². The van der Waals surface area contributed by atoms with Crippen LogP contribution < -0.4 is 9.47 Å². The molecule has 29 heavy (non-hydrogen) atoms. The Labute approximate surface area is 170 Å². The van der Waals surface area contributed by atoms with Crippen molar-refractivity contribution in [2.24, 2.45) is 0 Å². The number of benzene rings is 2. The van der Waals surface area contributed by atoms with E-state index in [1.165, 1.54) is 17.8 Å². The lowest BCUT2D eigenvalue weighted by Crippen LogP contribution is -2.05. The predicted molar refractivity (Wildman–Crippen MR) is 105 cm³/mol. The molecule has 3 aromatic rings. The topological polar surface area (TPSA) is 49.2 Å². The van der Waals surface area contributed by atoms with Gasteiger partial charge in [-0.1, -0.05) is 30.0 Å². The second-order valence-electron chi connectivity index (χ2n) is 6.11. The number of ether oxygens (including phenoxy) is 2. The monoisotopic (exact) mass is 423 g/mol. The van der Waals surface area contributed by atoms with Crippen LogP contribution in [0.4, 0.5) is 13.2 Å². The molecule has 5 nitrogen and oxygen atoms in total. The number of nitrogens with zero attached hydrogens (tertiary/aromatic N) is 3. The zero-order valence-electron chi connectivity index (χ0n) is 16.2. The molecule has 0 unspecified atom stereocenters. The van der Waals surface area contributed by atoms with E-state index in [4.69, 9.17) is 9.47 Å². The lowest BCUT2D eigenvalue weighted by atomic mass is 10.1. The van der Waals surface area contributed by atoms with Crippen LogP contribution in [-0.4, -0.2) is 29.0 Å². The summed E-state index contributed by atoms with van der Waals surface area (Å²) >= 11 is 1.34. The molecule has 3 rings (SSSR count). The third-order valence-corrected chi connectivity index (χ3v) is 5.33. The molecule has 0 aliphatic carbocycles. The fourth-order valence-electron chi connectivity index (χ4n) is 2.85. The molecule has 0 N–H and O–H groups in total. The summed E-state index contributed by atoms with van der Waals surface area (Å²) in [5.41, 5.74) is 0.727. The standard InChI is InChI=1S/C20H20F3N3O2S/c1-4-26-18(14-8-9-16(27-2)17(11-14)28-3)24-25-19(26)29-12-13-6-5-7-15(10-13)20(21,22)23/h5-11H,4,12H2,1-3H3. The Morgan fingerprint density at radius 1 is 1.00 bits per heavy atom. The maximum absolute atomic E-state index is 12.9. The molecule has 0 aliphatic heterocycles. The highest BCUT2D eigenvalue weighted by atomic mass is 32.2. The summed E-state index contributed by atoms with van der Waals surface area (Å²) < 4.78 is 51.2. The van der Waals surface area contributed by atoms with Crippen LogP contribution >= 0.6 is 11.8 Å². The van der Waals surface area contributed by atoms with E-state index in [0.717, 1.165) is 17.7 Å². The molecule has 0 saturated heterocycles. The average molecular weight is 423 g/mol. The zero-order valence-corrected chi connectivity index (χ0v) is 17.0. The van der Waals surface area contributed by atoms with Crippen molar-refractivity contribution in [3.05, 3.63) is 53.6 Å². The molecule has 0 fully saturated rings. The summed E-state index contributed by atoms with van der Waals surface area (Å²) in [6, 6.07) is 10.8. The van der Waals surface area contributed by atoms with Crippen LogP contribution in [-0.2, 0) is 18.5 Å². The lowest BCUT2D eigenvalue weighted by Gasteiger charge is -2.11. The molecule has 0 aliphatic rings. The minimum absolute atomic E-state index is 0.355. The summed E-state index contributed by atoms with van der Waals surface area (Å²) in [7, 11) is 3.12. The van der Waals surface area contributed by atoms with Crippen molar-refractivity contribution in [1.29, 1.82) is 0 Å². The number of hydrogen-bond acceptors (Lipinski definition) is 5. The van der Waals surface area contributed by atoms with E-state index in [-0.39, 0.29) is 0 Å². The number of aromatic nitrogens is 3. The van der Waals surface area contributed by atoms with Gasteiger partial charge in [-0.05, 0) is 36.8 Å². The third kappa shape index (κ3) is 4.67. The minimum Gasteiger partial charge on any atom is -0.493 e. The van der Waals surface area contributed by atoms with Crippen molar-refractivity contribution in [2.45, 2.75) is 30.6 Å². The van der Waals surface area contributed by atoms with Gasteiger partial charge < -0.3 is 14.0 Å². The molecule has 154 valence electrons. The van der Waals surface area contributed by atoms with Gasteiger partial charge in [0, 0.05) is 17.9 Å². The Morgan fingerprint density at radius 3 is 2.41 bits per heavy atom. The van der Waals surface area contributed by atoms with Crippen LogP contribution in [0.15, 0.2) is 47.6 Å². The van der Waals surface area contributed by atoms with E-state index in [9.17, 15) is 13.2 Å². The zero-order chi connectivity index (χ0) is 21.0. The molecule has 0 bridgehead atoms. The van der Waals surface area contributed by atoms with Gasteiger partial charge in [0.1, 0.15) is 0 Å². The minimum atomic E-state index is -4.36. The van der Waals surface area contributed by atoms with Crippen LogP contribution in [0.5, 0.6) is 11.5 Å². The normalized spacial score (nSPS) is 11.5. The van der Waals surface area contributed by atoms with Gasteiger partial charge in [-0.3, -0.25) is 0 Å². The molecule has 0 radical (unpaired) electrons. The van der Waals surface area contributed by atoms with E-state index in [2.05, 4.69) is 10.2 Å². The number of hydrogen-bond donors (Lipinski definition) is 0. The van der Waals surface area contributed by atoms with Crippen molar-refractivity contribution < 1.29 is 22.6 Å². The third-order valence-electron chi connectivity index (χ3n) is 4.30. The van der Waals surface area contributed by atoms with Gasteiger partial charge in [0.05, 0.1) is 19.8 Å². The van der Waals surface area contributed by atoms with Crippen molar-refractivity contribution in [1.82, 2.24) is 14.8 Å². The van der Waals surface area contributed by atoms with E-state index in [1.807, 2.05) is 23.6 Å². The van der Waals surface area contributed by atoms with Gasteiger partial charge in [-0.15, -0.1) is 10.2 Å². The van der Waals surface area contributed by atoms with Crippen molar-refractivity contribution in [2.75, 3.05) is 14.2 Å². The lowest BCUT2D eigenvalue weighted by molar-refractivity contribution is -0.137. The van der Waals surface area contributed by atoms with Crippen LogP contribution in [0.3, 0.4) is 0 Å². The van der Waals surface area contributed by atoms with Crippen LogP contribution in [0.1, 0.15) is 18.1 Å². The quantitative estimate of drug-likeness (QED) is 0.483.